The number of amides is 1. The standard InChI is InChI=1S/C29H28ClN5O3/c1-20(31)28(36)34-17-15-33(16-18-34)26-19-32-35(25-10-6-5-9-24(25)30)29(37)27(26)38-23-13-11-22(12-14-23)21-7-3-2-4-8-21/h2-14,19-20H,15-18,31H2,1H3/t20-/m0/s1. The first-order chi connectivity index (χ1) is 18.4. The lowest BCUT2D eigenvalue weighted by Crippen LogP contribution is -2.52. The van der Waals surface area contributed by atoms with Crippen LogP contribution in [0.2, 0.25) is 5.02 Å². The maximum absolute atomic E-state index is 13.7. The molecule has 8 nitrogen and oxygen atoms in total. The van der Waals surface area contributed by atoms with Gasteiger partial charge in [0.05, 0.1) is 22.9 Å². The molecule has 38 heavy (non-hydrogen) atoms. The fourth-order valence-electron chi connectivity index (χ4n) is 4.47. The van der Waals surface area contributed by atoms with Crippen molar-refractivity contribution in [1.29, 1.82) is 0 Å². The van der Waals surface area contributed by atoms with Gasteiger partial charge in [-0.25, -0.2) is 0 Å². The van der Waals surface area contributed by atoms with Crippen molar-refractivity contribution in [2.45, 2.75) is 13.0 Å². The molecule has 1 aliphatic heterocycles. The van der Waals surface area contributed by atoms with Gasteiger partial charge in [0, 0.05) is 26.2 Å². The normalized spacial score (nSPS) is 14.3. The Kier molecular flexibility index (Phi) is 7.44. The molecule has 4 aromatic rings. The number of halogens is 1. The van der Waals surface area contributed by atoms with Gasteiger partial charge in [0.2, 0.25) is 11.7 Å². The summed E-state index contributed by atoms with van der Waals surface area (Å²) >= 11 is 6.38. The van der Waals surface area contributed by atoms with E-state index in [4.69, 9.17) is 22.1 Å². The van der Waals surface area contributed by atoms with Crippen molar-refractivity contribution in [1.82, 2.24) is 14.7 Å². The van der Waals surface area contributed by atoms with Gasteiger partial charge >= 0.3 is 5.56 Å². The Labute approximate surface area is 225 Å². The van der Waals surface area contributed by atoms with E-state index in [0.717, 1.165) is 11.1 Å². The van der Waals surface area contributed by atoms with Crippen molar-refractivity contribution in [3.05, 3.63) is 100 Å². The van der Waals surface area contributed by atoms with Gasteiger partial charge in [-0.15, -0.1) is 0 Å². The average Bonchev–Trinajstić information content (AvgIpc) is 2.95. The molecule has 2 N–H and O–H groups in total. The van der Waals surface area contributed by atoms with E-state index in [-0.39, 0.29) is 11.7 Å². The molecule has 1 aromatic heterocycles. The molecular formula is C29H28ClN5O3. The van der Waals surface area contributed by atoms with E-state index in [1.807, 2.05) is 59.5 Å². The highest BCUT2D eigenvalue weighted by Crippen LogP contribution is 2.31. The second-order valence-electron chi connectivity index (χ2n) is 9.12. The Morgan fingerprint density at radius 2 is 1.53 bits per heavy atom. The molecule has 0 radical (unpaired) electrons. The molecule has 1 fully saturated rings. The fraction of sp³-hybridized carbons (Fsp3) is 0.207. The molecule has 5 rings (SSSR count). The number of rotatable bonds is 6. The summed E-state index contributed by atoms with van der Waals surface area (Å²) in [6, 6.07) is 24.1. The van der Waals surface area contributed by atoms with Crippen LogP contribution in [0.25, 0.3) is 16.8 Å². The van der Waals surface area contributed by atoms with Crippen molar-refractivity contribution in [3.63, 3.8) is 0 Å². The molecule has 0 spiro atoms. The van der Waals surface area contributed by atoms with Crippen LogP contribution < -0.4 is 20.9 Å². The highest BCUT2D eigenvalue weighted by molar-refractivity contribution is 6.32. The predicted molar refractivity (Wildman–Crippen MR) is 149 cm³/mol. The van der Waals surface area contributed by atoms with E-state index in [1.54, 1.807) is 42.3 Å². The summed E-state index contributed by atoms with van der Waals surface area (Å²) in [7, 11) is 0. The molecule has 9 heteroatoms. The summed E-state index contributed by atoms with van der Waals surface area (Å²) < 4.78 is 7.49. The molecular weight excluding hydrogens is 502 g/mol. The number of benzene rings is 3. The number of aromatic nitrogens is 2. The van der Waals surface area contributed by atoms with E-state index in [2.05, 4.69) is 5.10 Å². The first-order valence-electron chi connectivity index (χ1n) is 12.4. The lowest BCUT2D eigenvalue weighted by atomic mass is 10.1. The Balaban J connectivity index is 1.49. The highest BCUT2D eigenvalue weighted by atomic mass is 35.5. The van der Waals surface area contributed by atoms with Crippen LogP contribution in [-0.2, 0) is 4.79 Å². The van der Waals surface area contributed by atoms with E-state index >= 15 is 0 Å². The smallest absolute Gasteiger partial charge is 0.316 e. The Hall–Kier alpha value is -4.14. The molecule has 1 saturated heterocycles. The van der Waals surface area contributed by atoms with Crippen molar-refractivity contribution < 1.29 is 9.53 Å². The highest BCUT2D eigenvalue weighted by Gasteiger charge is 2.27. The van der Waals surface area contributed by atoms with Crippen molar-refractivity contribution in [2.24, 2.45) is 5.73 Å². The zero-order chi connectivity index (χ0) is 26.6. The lowest BCUT2D eigenvalue weighted by molar-refractivity contribution is -0.132. The summed E-state index contributed by atoms with van der Waals surface area (Å²) in [6.07, 6.45) is 1.61. The molecule has 1 aliphatic rings. The van der Waals surface area contributed by atoms with Crippen LogP contribution in [0.5, 0.6) is 11.5 Å². The van der Waals surface area contributed by atoms with Gasteiger partial charge in [0.15, 0.2) is 0 Å². The minimum Gasteiger partial charge on any atom is -0.449 e. The zero-order valence-electron chi connectivity index (χ0n) is 21.0. The zero-order valence-corrected chi connectivity index (χ0v) is 21.7. The molecule has 0 saturated carbocycles. The van der Waals surface area contributed by atoms with Gasteiger partial charge in [-0.05, 0) is 42.3 Å². The van der Waals surface area contributed by atoms with E-state index in [0.29, 0.717) is 48.3 Å². The Bertz CT molecular complexity index is 1480. The summed E-state index contributed by atoms with van der Waals surface area (Å²) in [5, 5.41) is 4.82. The predicted octanol–water partition coefficient (Wildman–Crippen LogP) is 4.34. The summed E-state index contributed by atoms with van der Waals surface area (Å²) in [6.45, 7) is 3.68. The largest absolute Gasteiger partial charge is 0.449 e. The van der Waals surface area contributed by atoms with E-state index in [9.17, 15) is 9.59 Å². The number of hydrogen-bond acceptors (Lipinski definition) is 6. The number of carbonyl (C=O) groups is 1. The quantitative estimate of drug-likeness (QED) is 0.399. The molecule has 2 heterocycles. The average molecular weight is 530 g/mol. The van der Waals surface area contributed by atoms with E-state index < -0.39 is 11.6 Å². The first kappa shape index (κ1) is 25.5. The SMILES string of the molecule is C[C@H](N)C(=O)N1CCN(c2cnn(-c3ccccc3Cl)c(=O)c2Oc2ccc(-c3ccccc3)cc2)CC1. The van der Waals surface area contributed by atoms with Gasteiger partial charge in [-0.2, -0.15) is 9.78 Å². The number of ether oxygens (including phenoxy) is 1. The maximum Gasteiger partial charge on any atom is 0.316 e. The molecule has 3 aromatic carbocycles. The number of nitrogens with two attached hydrogens (primary N) is 1. The molecule has 1 amide bonds. The Morgan fingerprint density at radius 1 is 0.895 bits per heavy atom. The van der Waals surface area contributed by atoms with Gasteiger partial charge in [-0.3, -0.25) is 9.59 Å². The number of hydrogen-bond donors (Lipinski definition) is 1. The van der Waals surface area contributed by atoms with Crippen molar-refractivity contribution in [2.75, 3.05) is 31.1 Å². The number of para-hydroxylation sites is 1. The third-order valence-corrected chi connectivity index (χ3v) is 6.82. The van der Waals surface area contributed by atoms with Crippen LogP contribution in [0.1, 0.15) is 6.92 Å². The fourth-order valence-corrected chi connectivity index (χ4v) is 4.68. The number of anilines is 1. The van der Waals surface area contributed by atoms with Crippen LogP contribution in [0.3, 0.4) is 0 Å². The van der Waals surface area contributed by atoms with Crippen molar-refractivity contribution >= 4 is 23.2 Å². The summed E-state index contributed by atoms with van der Waals surface area (Å²) in [5.74, 6) is 0.567. The number of piperazine rings is 1. The minimum absolute atomic E-state index is 0.0908. The van der Waals surface area contributed by atoms with E-state index in [1.165, 1.54) is 4.68 Å². The molecule has 0 aliphatic carbocycles. The topological polar surface area (TPSA) is 93.7 Å². The number of nitrogens with zero attached hydrogens (tertiary/aromatic N) is 4. The van der Waals surface area contributed by atoms with Crippen LogP contribution in [0, 0.1) is 0 Å². The Morgan fingerprint density at radius 3 is 2.18 bits per heavy atom. The van der Waals surface area contributed by atoms with Crippen LogP contribution in [-0.4, -0.2) is 52.8 Å². The van der Waals surface area contributed by atoms with Gasteiger partial charge in [-0.1, -0.05) is 66.2 Å². The molecule has 1 atom stereocenters. The molecule has 0 bridgehead atoms. The first-order valence-corrected chi connectivity index (χ1v) is 12.8. The second kappa shape index (κ2) is 11.1. The van der Waals surface area contributed by atoms with Crippen molar-refractivity contribution in [3.8, 4) is 28.3 Å². The van der Waals surface area contributed by atoms with Gasteiger partial charge in [0.25, 0.3) is 0 Å². The van der Waals surface area contributed by atoms with Gasteiger partial charge < -0.3 is 20.3 Å². The maximum atomic E-state index is 13.7. The monoisotopic (exact) mass is 529 g/mol. The van der Waals surface area contributed by atoms with Crippen LogP contribution >= 0.6 is 11.6 Å². The third kappa shape index (κ3) is 5.27. The third-order valence-electron chi connectivity index (χ3n) is 6.50. The number of carbonyl (C=O) groups excluding carboxylic acids is 1. The van der Waals surface area contributed by atoms with Crippen LogP contribution in [0.4, 0.5) is 5.69 Å². The molecule has 194 valence electrons. The van der Waals surface area contributed by atoms with Crippen LogP contribution in [0.15, 0.2) is 89.9 Å². The van der Waals surface area contributed by atoms with Gasteiger partial charge in [0.1, 0.15) is 11.4 Å². The molecule has 0 unspecified atom stereocenters. The summed E-state index contributed by atoms with van der Waals surface area (Å²) in [4.78, 5) is 29.8. The summed E-state index contributed by atoms with van der Waals surface area (Å²) in [5.41, 5.74) is 8.49. The second-order valence-corrected chi connectivity index (χ2v) is 9.53. The lowest BCUT2D eigenvalue weighted by Gasteiger charge is -2.37. The minimum atomic E-state index is -0.555.